The standard InChI is InChI=1S/C26H30FN3O5/c1-26(2,3)35-25(33)29-13-12-19(21(31)15-29)28-24(32)23-16-30(14-17-8-4-5-9-18(17)27)20-10-6-7-11-22(20)34-23/h4-11,16,19,21,31H,12-15H2,1-3H3,(H,28,32). The highest BCUT2D eigenvalue weighted by molar-refractivity contribution is 5.93. The van der Waals surface area contributed by atoms with Crippen LogP contribution in [0.2, 0.25) is 0 Å². The zero-order valence-electron chi connectivity index (χ0n) is 20.0. The molecule has 2 aromatic rings. The van der Waals surface area contributed by atoms with E-state index in [1.807, 2.05) is 12.1 Å². The van der Waals surface area contributed by atoms with Crippen LogP contribution in [-0.4, -0.2) is 52.8 Å². The molecule has 0 aromatic heterocycles. The highest BCUT2D eigenvalue weighted by Gasteiger charge is 2.34. The van der Waals surface area contributed by atoms with E-state index in [4.69, 9.17) is 9.47 Å². The molecule has 0 saturated carbocycles. The summed E-state index contributed by atoms with van der Waals surface area (Å²) >= 11 is 0. The number of carbonyl (C=O) groups is 2. The van der Waals surface area contributed by atoms with E-state index in [1.165, 1.54) is 17.2 Å². The lowest BCUT2D eigenvalue weighted by molar-refractivity contribution is -0.121. The minimum absolute atomic E-state index is 0.0295. The number of hydrogen-bond donors (Lipinski definition) is 2. The third-order valence-corrected chi connectivity index (χ3v) is 5.74. The van der Waals surface area contributed by atoms with Crippen LogP contribution in [0.4, 0.5) is 14.9 Å². The minimum atomic E-state index is -0.966. The van der Waals surface area contributed by atoms with Gasteiger partial charge < -0.3 is 29.7 Å². The van der Waals surface area contributed by atoms with E-state index in [0.29, 0.717) is 30.0 Å². The first-order chi connectivity index (χ1) is 16.6. The van der Waals surface area contributed by atoms with E-state index >= 15 is 0 Å². The fourth-order valence-electron chi connectivity index (χ4n) is 4.01. The average molecular weight is 484 g/mol. The summed E-state index contributed by atoms with van der Waals surface area (Å²) in [5.74, 6) is -0.345. The van der Waals surface area contributed by atoms with E-state index in [2.05, 4.69) is 5.32 Å². The Hall–Kier alpha value is -3.59. The highest BCUT2D eigenvalue weighted by atomic mass is 19.1. The second kappa shape index (κ2) is 9.95. The van der Waals surface area contributed by atoms with Gasteiger partial charge in [-0.1, -0.05) is 30.3 Å². The summed E-state index contributed by atoms with van der Waals surface area (Å²) in [6.45, 7) is 5.92. The van der Waals surface area contributed by atoms with Crippen LogP contribution in [-0.2, 0) is 16.1 Å². The summed E-state index contributed by atoms with van der Waals surface area (Å²) in [5.41, 5.74) is 0.547. The molecule has 35 heavy (non-hydrogen) atoms. The van der Waals surface area contributed by atoms with Crippen LogP contribution in [0.25, 0.3) is 0 Å². The highest BCUT2D eigenvalue weighted by Crippen LogP contribution is 2.35. The van der Waals surface area contributed by atoms with E-state index in [-0.39, 0.29) is 24.7 Å². The van der Waals surface area contributed by atoms with Crippen LogP contribution >= 0.6 is 0 Å². The molecular formula is C26H30FN3O5. The number of amides is 2. The minimum Gasteiger partial charge on any atom is -0.448 e. The Morgan fingerprint density at radius 2 is 1.89 bits per heavy atom. The molecule has 4 rings (SSSR count). The molecule has 9 heteroatoms. The van der Waals surface area contributed by atoms with Crippen LogP contribution in [0.5, 0.6) is 5.75 Å². The predicted octanol–water partition coefficient (Wildman–Crippen LogP) is 3.55. The molecule has 1 fully saturated rings. The van der Waals surface area contributed by atoms with Crippen LogP contribution in [0.15, 0.2) is 60.5 Å². The van der Waals surface area contributed by atoms with Crippen molar-refractivity contribution in [2.24, 2.45) is 0 Å². The van der Waals surface area contributed by atoms with Gasteiger partial charge in [0.2, 0.25) is 5.76 Å². The number of β-amino-alcohol motifs (C(OH)–C–C–N with tert-alkyl or cyclic N) is 1. The number of aliphatic hydroxyl groups is 1. The Morgan fingerprint density at radius 3 is 2.60 bits per heavy atom. The molecule has 2 aromatic carbocycles. The van der Waals surface area contributed by atoms with Crippen molar-refractivity contribution in [2.45, 2.75) is 51.5 Å². The molecule has 2 unspecified atom stereocenters. The maximum atomic E-state index is 14.3. The number of rotatable bonds is 4. The molecule has 0 spiro atoms. The van der Waals surface area contributed by atoms with Crippen molar-refractivity contribution in [3.63, 3.8) is 0 Å². The second-order valence-corrected chi connectivity index (χ2v) is 9.64. The molecule has 2 atom stereocenters. The van der Waals surface area contributed by atoms with Crippen molar-refractivity contribution in [1.29, 1.82) is 0 Å². The normalized spacial score (nSPS) is 19.9. The molecule has 0 bridgehead atoms. The van der Waals surface area contributed by atoms with Crippen LogP contribution in [0.3, 0.4) is 0 Å². The Balaban J connectivity index is 1.45. The van der Waals surface area contributed by atoms with Gasteiger partial charge in [0.1, 0.15) is 11.4 Å². The number of nitrogens with one attached hydrogen (secondary N) is 1. The van der Waals surface area contributed by atoms with Gasteiger partial charge in [0, 0.05) is 12.1 Å². The number of aliphatic hydroxyl groups excluding tert-OH is 1. The van der Waals surface area contributed by atoms with Gasteiger partial charge in [0.25, 0.3) is 5.91 Å². The lowest BCUT2D eigenvalue weighted by Crippen LogP contribution is -2.56. The Labute approximate surface area is 203 Å². The quantitative estimate of drug-likeness (QED) is 0.691. The average Bonchev–Trinajstić information content (AvgIpc) is 2.80. The summed E-state index contributed by atoms with van der Waals surface area (Å²) in [6.07, 6.45) is 0.424. The van der Waals surface area contributed by atoms with Gasteiger partial charge in [-0.3, -0.25) is 4.79 Å². The number of benzene rings is 2. The van der Waals surface area contributed by atoms with Crippen LogP contribution in [0, 0.1) is 5.82 Å². The summed E-state index contributed by atoms with van der Waals surface area (Å²) < 4.78 is 25.5. The number of ether oxygens (including phenoxy) is 2. The SMILES string of the molecule is CC(C)(C)OC(=O)N1CCC(NC(=O)C2=CN(Cc3ccccc3F)c3ccccc3O2)C(O)C1. The summed E-state index contributed by atoms with van der Waals surface area (Å²) in [5, 5.41) is 13.4. The van der Waals surface area contributed by atoms with Gasteiger partial charge in [0.15, 0.2) is 5.75 Å². The summed E-state index contributed by atoms with van der Waals surface area (Å²) in [4.78, 5) is 28.6. The van der Waals surface area contributed by atoms with Crippen molar-refractivity contribution in [3.8, 4) is 5.75 Å². The van der Waals surface area contributed by atoms with E-state index < -0.39 is 29.7 Å². The number of nitrogens with zero attached hydrogens (tertiary/aromatic N) is 2. The third-order valence-electron chi connectivity index (χ3n) is 5.74. The molecular weight excluding hydrogens is 453 g/mol. The Kier molecular flexibility index (Phi) is 6.98. The molecule has 0 radical (unpaired) electrons. The van der Waals surface area contributed by atoms with Crippen molar-refractivity contribution in [1.82, 2.24) is 10.2 Å². The van der Waals surface area contributed by atoms with Gasteiger partial charge in [-0.2, -0.15) is 0 Å². The number of likely N-dealkylation sites (tertiary alicyclic amines) is 1. The maximum absolute atomic E-state index is 14.3. The first kappa shape index (κ1) is 24.5. The summed E-state index contributed by atoms with van der Waals surface area (Å²) in [7, 11) is 0. The lowest BCUT2D eigenvalue weighted by atomic mass is 10.0. The number of halogens is 1. The number of fused-ring (bicyclic) bond motifs is 1. The predicted molar refractivity (Wildman–Crippen MR) is 128 cm³/mol. The van der Waals surface area contributed by atoms with Crippen molar-refractivity contribution in [3.05, 3.63) is 71.9 Å². The molecule has 2 aliphatic heterocycles. The number of anilines is 1. The van der Waals surface area contributed by atoms with Gasteiger partial charge >= 0.3 is 6.09 Å². The topological polar surface area (TPSA) is 91.3 Å². The molecule has 0 aliphatic carbocycles. The molecule has 8 nitrogen and oxygen atoms in total. The first-order valence-corrected chi connectivity index (χ1v) is 11.6. The number of hydrogen-bond acceptors (Lipinski definition) is 6. The van der Waals surface area contributed by atoms with E-state index in [1.54, 1.807) is 56.0 Å². The van der Waals surface area contributed by atoms with Crippen molar-refractivity contribution < 1.29 is 28.6 Å². The Morgan fingerprint density at radius 1 is 1.17 bits per heavy atom. The second-order valence-electron chi connectivity index (χ2n) is 9.64. The molecule has 186 valence electrons. The molecule has 2 amide bonds. The fraction of sp³-hybridized carbons (Fsp3) is 0.385. The van der Waals surface area contributed by atoms with Gasteiger partial charge in [-0.15, -0.1) is 0 Å². The van der Waals surface area contributed by atoms with E-state index in [9.17, 15) is 19.1 Å². The lowest BCUT2D eigenvalue weighted by Gasteiger charge is -2.37. The van der Waals surface area contributed by atoms with Crippen LogP contribution < -0.4 is 15.0 Å². The number of para-hydroxylation sites is 2. The molecule has 2 N–H and O–H groups in total. The van der Waals surface area contributed by atoms with E-state index in [0.717, 1.165) is 0 Å². The summed E-state index contributed by atoms with van der Waals surface area (Å²) in [6, 6.07) is 13.1. The van der Waals surface area contributed by atoms with Crippen molar-refractivity contribution >= 4 is 17.7 Å². The molecule has 2 heterocycles. The number of carbonyl (C=O) groups excluding carboxylic acids is 2. The largest absolute Gasteiger partial charge is 0.448 e. The molecule has 1 saturated heterocycles. The Bertz CT molecular complexity index is 1130. The molecule has 2 aliphatic rings. The van der Waals surface area contributed by atoms with Gasteiger partial charge in [0.05, 0.1) is 37.1 Å². The fourth-order valence-corrected chi connectivity index (χ4v) is 4.01. The number of piperidine rings is 1. The van der Waals surface area contributed by atoms with Gasteiger partial charge in [-0.05, 0) is 45.4 Å². The zero-order chi connectivity index (χ0) is 25.2. The van der Waals surface area contributed by atoms with Crippen molar-refractivity contribution in [2.75, 3.05) is 18.0 Å². The van der Waals surface area contributed by atoms with Crippen LogP contribution in [0.1, 0.15) is 32.8 Å². The maximum Gasteiger partial charge on any atom is 0.410 e. The first-order valence-electron chi connectivity index (χ1n) is 11.6. The zero-order valence-corrected chi connectivity index (χ0v) is 20.0. The smallest absolute Gasteiger partial charge is 0.410 e. The monoisotopic (exact) mass is 483 g/mol. The third kappa shape index (κ3) is 5.92. The van der Waals surface area contributed by atoms with Gasteiger partial charge in [-0.25, -0.2) is 9.18 Å².